The van der Waals surface area contributed by atoms with E-state index in [0.29, 0.717) is 11.4 Å². The SMILES string of the molecule is Fc1ccc(-c2nc(-c3ccccc3)cc(-c3ccccc3)n2)c(F)c1F. The van der Waals surface area contributed by atoms with E-state index in [0.717, 1.165) is 23.3 Å². The minimum absolute atomic E-state index is 0.00777. The summed E-state index contributed by atoms with van der Waals surface area (Å²) in [6, 6.07) is 22.4. The Labute approximate surface area is 154 Å². The highest BCUT2D eigenvalue weighted by Gasteiger charge is 2.18. The number of nitrogens with zero attached hydrogens (tertiary/aromatic N) is 2. The lowest BCUT2D eigenvalue weighted by atomic mass is 10.1. The summed E-state index contributed by atoms with van der Waals surface area (Å²) in [5.41, 5.74) is 2.54. The van der Waals surface area contributed by atoms with Gasteiger partial charge in [0.1, 0.15) is 0 Å². The first-order valence-electron chi connectivity index (χ1n) is 8.27. The summed E-state index contributed by atoms with van der Waals surface area (Å²) < 4.78 is 41.3. The van der Waals surface area contributed by atoms with Gasteiger partial charge in [0.15, 0.2) is 23.3 Å². The fourth-order valence-electron chi connectivity index (χ4n) is 2.78. The van der Waals surface area contributed by atoms with Crippen molar-refractivity contribution in [1.82, 2.24) is 9.97 Å². The first-order chi connectivity index (χ1) is 13.1. The number of benzene rings is 3. The van der Waals surface area contributed by atoms with Crippen LogP contribution in [0.5, 0.6) is 0 Å². The molecule has 4 aromatic rings. The third kappa shape index (κ3) is 3.31. The van der Waals surface area contributed by atoms with Crippen LogP contribution in [0.3, 0.4) is 0 Å². The minimum Gasteiger partial charge on any atom is -0.228 e. The molecule has 0 atom stereocenters. The van der Waals surface area contributed by atoms with Gasteiger partial charge in [0.05, 0.1) is 17.0 Å². The molecule has 1 heterocycles. The summed E-state index contributed by atoms with van der Waals surface area (Å²) in [5.74, 6) is -4.10. The van der Waals surface area contributed by atoms with Crippen molar-refractivity contribution in [2.75, 3.05) is 0 Å². The predicted octanol–water partition coefficient (Wildman–Crippen LogP) is 5.89. The molecule has 0 bridgehead atoms. The van der Waals surface area contributed by atoms with E-state index in [1.807, 2.05) is 60.7 Å². The van der Waals surface area contributed by atoms with Crippen LogP contribution >= 0.6 is 0 Å². The van der Waals surface area contributed by atoms with E-state index in [1.54, 1.807) is 6.07 Å². The molecule has 1 aromatic heterocycles. The molecule has 0 aliphatic heterocycles. The normalized spacial score (nSPS) is 10.8. The Hall–Kier alpha value is -3.47. The first kappa shape index (κ1) is 17.0. The summed E-state index contributed by atoms with van der Waals surface area (Å²) in [6.45, 7) is 0. The van der Waals surface area contributed by atoms with Gasteiger partial charge >= 0.3 is 0 Å². The van der Waals surface area contributed by atoms with Gasteiger partial charge in [-0.1, -0.05) is 60.7 Å². The van der Waals surface area contributed by atoms with Crippen molar-refractivity contribution in [2.45, 2.75) is 0 Å². The molecule has 0 aliphatic rings. The number of rotatable bonds is 3. The van der Waals surface area contributed by atoms with E-state index in [1.165, 1.54) is 0 Å². The molecule has 2 nitrogen and oxygen atoms in total. The third-order valence-corrected chi connectivity index (χ3v) is 4.14. The maximum absolute atomic E-state index is 14.3. The molecule has 3 aromatic carbocycles. The summed E-state index contributed by atoms with van der Waals surface area (Å²) in [7, 11) is 0. The third-order valence-electron chi connectivity index (χ3n) is 4.14. The second-order valence-electron chi connectivity index (χ2n) is 5.92. The van der Waals surface area contributed by atoms with E-state index in [9.17, 15) is 13.2 Å². The van der Waals surface area contributed by atoms with Gasteiger partial charge in [-0.25, -0.2) is 23.1 Å². The number of aromatic nitrogens is 2. The van der Waals surface area contributed by atoms with E-state index in [2.05, 4.69) is 9.97 Å². The number of hydrogen-bond acceptors (Lipinski definition) is 2. The Morgan fingerprint density at radius 2 is 1.07 bits per heavy atom. The van der Waals surface area contributed by atoms with Crippen LogP contribution in [-0.2, 0) is 0 Å². The van der Waals surface area contributed by atoms with Crippen LogP contribution in [0.15, 0.2) is 78.9 Å². The maximum atomic E-state index is 14.3. The van der Waals surface area contributed by atoms with Gasteiger partial charge in [-0.3, -0.25) is 0 Å². The van der Waals surface area contributed by atoms with Crippen molar-refractivity contribution >= 4 is 0 Å². The molecule has 0 aliphatic carbocycles. The van der Waals surface area contributed by atoms with Crippen molar-refractivity contribution in [3.05, 3.63) is 96.3 Å². The smallest absolute Gasteiger partial charge is 0.195 e. The van der Waals surface area contributed by atoms with Crippen molar-refractivity contribution < 1.29 is 13.2 Å². The van der Waals surface area contributed by atoms with E-state index in [4.69, 9.17) is 0 Å². The second kappa shape index (κ2) is 7.03. The molecule has 0 fully saturated rings. The van der Waals surface area contributed by atoms with Crippen LogP contribution in [0.25, 0.3) is 33.9 Å². The Kier molecular flexibility index (Phi) is 4.42. The molecule has 0 spiro atoms. The molecule has 0 unspecified atom stereocenters. The zero-order chi connectivity index (χ0) is 18.8. The first-order valence-corrected chi connectivity index (χ1v) is 8.27. The topological polar surface area (TPSA) is 25.8 Å². The minimum atomic E-state index is -1.54. The summed E-state index contributed by atoms with van der Waals surface area (Å²) in [6.07, 6.45) is 0. The van der Waals surface area contributed by atoms with Crippen LogP contribution < -0.4 is 0 Å². The zero-order valence-corrected chi connectivity index (χ0v) is 14.0. The monoisotopic (exact) mass is 362 g/mol. The van der Waals surface area contributed by atoms with Crippen LogP contribution in [-0.4, -0.2) is 9.97 Å². The highest BCUT2D eigenvalue weighted by molar-refractivity contribution is 5.71. The lowest BCUT2D eigenvalue weighted by Crippen LogP contribution is -2.00. The van der Waals surface area contributed by atoms with Crippen molar-refractivity contribution in [3.63, 3.8) is 0 Å². The Morgan fingerprint density at radius 1 is 0.556 bits per heavy atom. The fourth-order valence-corrected chi connectivity index (χ4v) is 2.78. The summed E-state index contributed by atoms with van der Waals surface area (Å²) in [5, 5.41) is 0. The standard InChI is InChI=1S/C22H13F3N2/c23-17-12-11-16(20(24)21(17)25)22-26-18(14-7-3-1-4-8-14)13-19(27-22)15-9-5-2-6-10-15/h1-13H. The van der Waals surface area contributed by atoms with E-state index >= 15 is 0 Å². The van der Waals surface area contributed by atoms with Gasteiger partial charge in [0.2, 0.25) is 0 Å². The molecule has 0 saturated heterocycles. The van der Waals surface area contributed by atoms with Gasteiger partial charge in [-0.05, 0) is 18.2 Å². The molecule has 0 amide bonds. The Balaban J connectivity index is 1.96. The average Bonchev–Trinajstić information content (AvgIpc) is 2.73. The molecule has 27 heavy (non-hydrogen) atoms. The molecule has 5 heteroatoms. The molecule has 4 rings (SSSR count). The molecule has 0 saturated carbocycles. The number of halogens is 3. The second-order valence-corrected chi connectivity index (χ2v) is 5.92. The fraction of sp³-hybridized carbons (Fsp3) is 0. The summed E-state index contributed by atoms with van der Waals surface area (Å²) in [4.78, 5) is 8.78. The average molecular weight is 362 g/mol. The maximum Gasteiger partial charge on any atom is 0.195 e. The van der Waals surface area contributed by atoms with Crippen LogP contribution in [0.1, 0.15) is 0 Å². The quantitative estimate of drug-likeness (QED) is 0.424. The van der Waals surface area contributed by atoms with Gasteiger partial charge < -0.3 is 0 Å². The molecular formula is C22H13F3N2. The summed E-state index contributed by atoms with van der Waals surface area (Å²) >= 11 is 0. The lowest BCUT2D eigenvalue weighted by Gasteiger charge is -2.10. The zero-order valence-electron chi connectivity index (χ0n) is 14.0. The highest BCUT2D eigenvalue weighted by Crippen LogP contribution is 2.29. The molecule has 0 radical (unpaired) electrons. The molecular weight excluding hydrogens is 349 g/mol. The van der Waals surface area contributed by atoms with Crippen molar-refractivity contribution in [3.8, 4) is 33.9 Å². The van der Waals surface area contributed by atoms with Gasteiger partial charge in [0.25, 0.3) is 0 Å². The van der Waals surface area contributed by atoms with Gasteiger partial charge in [-0.15, -0.1) is 0 Å². The van der Waals surface area contributed by atoms with Gasteiger partial charge in [0, 0.05) is 11.1 Å². The van der Waals surface area contributed by atoms with Crippen LogP contribution in [0.4, 0.5) is 13.2 Å². The Morgan fingerprint density at radius 3 is 1.59 bits per heavy atom. The van der Waals surface area contributed by atoms with Crippen molar-refractivity contribution in [1.29, 1.82) is 0 Å². The largest absolute Gasteiger partial charge is 0.228 e. The number of hydrogen-bond donors (Lipinski definition) is 0. The van der Waals surface area contributed by atoms with E-state index < -0.39 is 17.5 Å². The van der Waals surface area contributed by atoms with Crippen LogP contribution in [0, 0.1) is 17.5 Å². The van der Waals surface area contributed by atoms with Crippen molar-refractivity contribution in [2.24, 2.45) is 0 Å². The molecule has 0 N–H and O–H groups in total. The Bertz CT molecular complexity index is 1040. The lowest BCUT2D eigenvalue weighted by molar-refractivity contribution is 0.448. The highest BCUT2D eigenvalue weighted by atomic mass is 19.2. The van der Waals surface area contributed by atoms with E-state index in [-0.39, 0.29) is 11.4 Å². The predicted molar refractivity (Wildman–Crippen MR) is 98.2 cm³/mol. The van der Waals surface area contributed by atoms with Gasteiger partial charge in [-0.2, -0.15) is 0 Å². The molecule has 132 valence electrons. The van der Waals surface area contributed by atoms with Crippen LogP contribution in [0.2, 0.25) is 0 Å².